The van der Waals surface area contributed by atoms with E-state index in [0.29, 0.717) is 18.2 Å². The number of rotatable bonds is 8. The number of hydrogen-bond acceptors (Lipinski definition) is 6. The minimum Gasteiger partial charge on any atom is -0.376 e. The number of thiophene rings is 1. The Morgan fingerprint density at radius 1 is 1.21 bits per heavy atom. The van der Waals surface area contributed by atoms with Gasteiger partial charge in [0.2, 0.25) is 5.91 Å². The summed E-state index contributed by atoms with van der Waals surface area (Å²) in [5.41, 5.74) is 2.43. The van der Waals surface area contributed by atoms with Gasteiger partial charge >= 0.3 is 0 Å². The summed E-state index contributed by atoms with van der Waals surface area (Å²) in [4.78, 5) is 33.1. The van der Waals surface area contributed by atoms with Gasteiger partial charge in [-0.1, -0.05) is 42.1 Å². The maximum atomic E-state index is 13.6. The van der Waals surface area contributed by atoms with Crippen LogP contribution in [0.15, 0.2) is 40.3 Å². The third kappa shape index (κ3) is 5.18. The number of aryl methyl sites for hydroxylation is 2. The van der Waals surface area contributed by atoms with Crippen molar-refractivity contribution in [3.63, 3.8) is 0 Å². The minimum absolute atomic E-state index is 0.0295. The number of hydrogen-bond donors (Lipinski definition) is 1. The number of nitrogens with one attached hydrogen (secondary N) is 1. The molecule has 8 heteroatoms. The number of carbonyl (C=O) groups excluding carboxylic acids is 1. The molecule has 1 saturated heterocycles. The lowest BCUT2D eigenvalue weighted by molar-refractivity contribution is -0.118. The molecular weight excluding hydrogens is 454 g/mol. The number of fused-ring (bicyclic) bond motifs is 3. The fourth-order valence-corrected chi connectivity index (χ4v) is 6.80. The standard InChI is InChI=1S/C25H29N3O3S2/c29-21(26-13-12-17-7-2-1-3-8-17)16-32-25-27-23-22(19-10-4-5-11-20(19)33-23)24(30)28(25)15-18-9-6-14-31-18/h1-3,7-8,18H,4-6,9-16H2,(H,26,29). The van der Waals surface area contributed by atoms with Crippen molar-refractivity contribution in [2.45, 2.75) is 62.8 Å². The first-order valence-corrected chi connectivity index (χ1v) is 13.6. The summed E-state index contributed by atoms with van der Waals surface area (Å²) in [6.45, 7) is 1.84. The van der Waals surface area contributed by atoms with Crippen LogP contribution in [0.5, 0.6) is 0 Å². The molecule has 2 aliphatic rings. The predicted octanol–water partition coefficient (Wildman–Crippen LogP) is 3.97. The maximum absolute atomic E-state index is 13.6. The number of thioether (sulfide) groups is 1. The number of amides is 1. The lowest BCUT2D eigenvalue weighted by Crippen LogP contribution is -2.30. The van der Waals surface area contributed by atoms with E-state index in [-0.39, 0.29) is 23.3 Å². The zero-order valence-corrected chi connectivity index (χ0v) is 20.3. The third-order valence-electron chi connectivity index (χ3n) is 6.36. The Morgan fingerprint density at radius 3 is 2.88 bits per heavy atom. The largest absolute Gasteiger partial charge is 0.376 e. The molecule has 1 aliphatic heterocycles. The molecule has 1 N–H and O–H groups in total. The zero-order chi connectivity index (χ0) is 22.6. The van der Waals surface area contributed by atoms with Crippen LogP contribution in [0.25, 0.3) is 10.2 Å². The molecule has 3 heterocycles. The molecular formula is C25H29N3O3S2. The van der Waals surface area contributed by atoms with E-state index in [1.165, 1.54) is 34.2 Å². The zero-order valence-electron chi connectivity index (χ0n) is 18.7. The smallest absolute Gasteiger partial charge is 0.263 e. The average Bonchev–Trinajstić information content (AvgIpc) is 3.48. The molecule has 0 radical (unpaired) electrons. The van der Waals surface area contributed by atoms with Gasteiger partial charge in [0.15, 0.2) is 5.16 Å². The average molecular weight is 484 g/mol. The maximum Gasteiger partial charge on any atom is 0.263 e. The second-order valence-corrected chi connectivity index (χ2v) is 10.7. The number of benzene rings is 1. The lowest BCUT2D eigenvalue weighted by Gasteiger charge is -2.16. The molecule has 6 nitrogen and oxygen atoms in total. The van der Waals surface area contributed by atoms with Gasteiger partial charge < -0.3 is 10.1 Å². The molecule has 0 saturated carbocycles. The van der Waals surface area contributed by atoms with Gasteiger partial charge in [0.05, 0.1) is 23.8 Å². The topological polar surface area (TPSA) is 73.2 Å². The van der Waals surface area contributed by atoms with Gasteiger partial charge in [0, 0.05) is 18.0 Å². The molecule has 0 bridgehead atoms. The summed E-state index contributed by atoms with van der Waals surface area (Å²) in [5.74, 6) is 0.197. The molecule has 0 spiro atoms. The first-order chi connectivity index (χ1) is 16.2. The van der Waals surface area contributed by atoms with E-state index >= 15 is 0 Å². The Labute approximate surface area is 201 Å². The van der Waals surface area contributed by atoms with Crippen molar-refractivity contribution in [2.75, 3.05) is 18.9 Å². The van der Waals surface area contributed by atoms with Crippen LogP contribution in [0.1, 0.15) is 41.7 Å². The van der Waals surface area contributed by atoms with Crippen LogP contribution in [0.3, 0.4) is 0 Å². The van der Waals surface area contributed by atoms with Crippen molar-refractivity contribution < 1.29 is 9.53 Å². The summed E-state index contributed by atoms with van der Waals surface area (Å²) in [6.07, 6.45) is 7.11. The van der Waals surface area contributed by atoms with E-state index in [1.54, 1.807) is 15.9 Å². The van der Waals surface area contributed by atoms with Gasteiger partial charge in [-0.2, -0.15) is 0 Å². The minimum atomic E-state index is -0.0422. The summed E-state index contributed by atoms with van der Waals surface area (Å²) in [7, 11) is 0. The number of nitrogens with zero attached hydrogens (tertiary/aromatic N) is 2. The highest BCUT2D eigenvalue weighted by atomic mass is 32.2. The molecule has 33 heavy (non-hydrogen) atoms. The molecule has 1 unspecified atom stereocenters. The Morgan fingerprint density at radius 2 is 2.06 bits per heavy atom. The van der Waals surface area contributed by atoms with Gasteiger partial charge in [-0.15, -0.1) is 11.3 Å². The number of ether oxygens (including phenoxy) is 1. The summed E-state index contributed by atoms with van der Waals surface area (Å²) in [6, 6.07) is 10.1. The molecule has 1 amide bonds. The van der Waals surface area contributed by atoms with E-state index in [1.807, 2.05) is 18.2 Å². The predicted molar refractivity (Wildman–Crippen MR) is 133 cm³/mol. The lowest BCUT2D eigenvalue weighted by atomic mass is 9.97. The van der Waals surface area contributed by atoms with E-state index in [9.17, 15) is 9.59 Å². The molecule has 5 rings (SSSR count). The van der Waals surface area contributed by atoms with Crippen molar-refractivity contribution in [3.8, 4) is 0 Å². The van der Waals surface area contributed by atoms with Crippen LogP contribution in [0.2, 0.25) is 0 Å². The van der Waals surface area contributed by atoms with Crippen molar-refractivity contribution >= 4 is 39.2 Å². The first-order valence-electron chi connectivity index (χ1n) is 11.8. The van der Waals surface area contributed by atoms with Gasteiger partial charge in [-0.25, -0.2) is 4.98 Å². The molecule has 1 fully saturated rings. The fraction of sp³-hybridized carbons (Fsp3) is 0.480. The number of carbonyl (C=O) groups is 1. The summed E-state index contributed by atoms with van der Waals surface area (Å²) >= 11 is 3.01. The van der Waals surface area contributed by atoms with Gasteiger partial charge in [-0.05, 0) is 56.1 Å². The van der Waals surface area contributed by atoms with Crippen molar-refractivity contribution in [2.24, 2.45) is 0 Å². The highest BCUT2D eigenvalue weighted by molar-refractivity contribution is 7.99. The monoisotopic (exact) mass is 483 g/mol. The molecule has 1 aliphatic carbocycles. The second-order valence-electron chi connectivity index (χ2n) is 8.71. The van der Waals surface area contributed by atoms with Gasteiger partial charge in [-0.3, -0.25) is 14.2 Å². The highest BCUT2D eigenvalue weighted by Gasteiger charge is 2.25. The van der Waals surface area contributed by atoms with E-state index in [4.69, 9.17) is 9.72 Å². The van der Waals surface area contributed by atoms with Crippen LogP contribution in [0.4, 0.5) is 0 Å². The van der Waals surface area contributed by atoms with Gasteiger partial charge in [0.1, 0.15) is 4.83 Å². The second kappa shape index (κ2) is 10.4. The Bertz CT molecular complexity index is 1180. The molecule has 1 aromatic carbocycles. The van der Waals surface area contributed by atoms with E-state index in [2.05, 4.69) is 17.4 Å². The van der Waals surface area contributed by atoms with Crippen LogP contribution < -0.4 is 10.9 Å². The quantitative estimate of drug-likeness (QED) is 0.388. The van der Waals surface area contributed by atoms with Gasteiger partial charge in [0.25, 0.3) is 5.56 Å². The van der Waals surface area contributed by atoms with E-state index in [0.717, 1.165) is 55.3 Å². The fourth-order valence-electron chi connectivity index (χ4n) is 4.66. The molecule has 3 aromatic rings. The van der Waals surface area contributed by atoms with Crippen LogP contribution >= 0.6 is 23.1 Å². The van der Waals surface area contributed by atoms with Crippen molar-refractivity contribution in [1.29, 1.82) is 0 Å². The Balaban J connectivity index is 1.33. The molecule has 2 aromatic heterocycles. The third-order valence-corrected chi connectivity index (χ3v) is 8.52. The number of aromatic nitrogens is 2. The summed E-state index contributed by atoms with van der Waals surface area (Å²) < 4.78 is 7.59. The van der Waals surface area contributed by atoms with E-state index < -0.39 is 0 Å². The van der Waals surface area contributed by atoms with Crippen LogP contribution in [-0.4, -0.2) is 40.5 Å². The highest BCUT2D eigenvalue weighted by Crippen LogP contribution is 2.35. The molecule has 174 valence electrons. The van der Waals surface area contributed by atoms with Crippen molar-refractivity contribution in [1.82, 2.24) is 14.9 Å². The van der Waals surface area contributed by atoms with Crippen LogP contribution in [-0.2, 0) is 35.3 Å². The normalized spacial score (nSPS) is 17.9. The first kappa shape index (κ1) is 22.6. The Hall–Kier alpha value is -2.16. The Kier molecular flexibility index (Phi) is 7.13. The van der Waals surface area contributed by atoms with Crippen LogP contribution in [0, 0.1) is 0 Å². The summed E-state index contributed by atoms with van der Waals surface area (Å²) in [5, 5.41) is 4.41. The molecule has 1 atom stereocenters. The van der Waals surface area contributed by atoms with Crippen molar-refractivity contribution in [3.05, 3.63) is 56.7 Å². The SMILES string of the molecule is O=C(CSc1nc2sc3c(c2c(=O)n1CC1CCCO1)CCCC3)NCCc1ccccc1.